The fourth-order valence-corrected chi connectivity index (χ4v) is 1.98. The van der Waals surface area contributed by atoms with E-state index in [1.165, 1.54) is 0 Å². The van der Waals surface area contributed by atoms with Crippen molar-refractivity contribution < 1.29 is 9.53 Å². The third kappa shape index (κ3) is 2.61. The number of nitrogens with one attached hydrogen (secondary N) is 1. The molecule has 0 spiro atoms. The summed E-state index contributed by atoms with van der Waals surface area (Å²) in [7, 11) is 0. The third-order valence-corrected chi connectivity index (χ3v) is 2.68. The van der Waals surface area contributed by atoms with Gasteiger partial charge in [0.15, 0.2) is 0 Å². The zero-order valence-corrected chi connectivity index (χ0v) is 9.59. The number of hydrogen-bond acceptors (Lipinski definition) is 4. The van der Waals surface area contributed by atoms with Gasteiger partial charge in [-0.25, -0.2) is 0 Å². The lowest BCUT2D eigenvalue weighted by Crippen LogP contribution is -2.41. The van der Waals surface area contributed by atoms with Gasteiger partial charge in [0.2, 0.25) is 0 Å². The Morgan fingerprint density at radius 2 is 2.56 bits per heavy atom. The largest absolute Gasteiger partial charge is 0.461 e. The molecule has 0 saturated carbocycles. The Balaban J connectivity index is 1.83. The predicted octanol–water partition coefficient (Wildman–Crippen LogP) is 0.565. The summed E-state index contributed by atoms with van der Waals surface area (Å²) in [6.45, 7) is 4.71. The number of carbonyl (C=O) groups is 1. The number of aromatic nitrogens is 2. The molecule has 2 rings (SSSR count). The lowest BCUT2D eigenvalue weighted by Gasteiger charge is -2.16. The molecule has 16 heavy (non-hydrogen) atoms. The zero-order valence-electron chi connectivity index (χ0n) is 9.59. The highest BCUT2D eigenvalue weighted by Gasteiger charge is 2.32. The minimum Gasteiger partial charge on any atom is -0.461 e. The average molecular weight is 223 g/mol. The molecule has 1 aliphatic heterocycles. The van der Waals surface area contributed by atoms with E-state index in [1.54, 1.807) is 6.20 Å². The summed E-state index contributed by atoms with van der Waals surface area (Å²) in [5.74, 6) is -0.139. The fraction of sp³-hybridized carbons (Fsp3) is 0.636. The number of cyclic esters (lactones) is 1. The van der Waals surface area contributed by atoms with Crippen molar-refractivity contribution in [3.63, 3.8) is 0 Å². The van der Waals surface area contributed by atoms with Gasteiger partial charge < -0.3 is 4.74 Å². The molecule has 5 nitrogen and oxygen atoms in total. The van der Waals surface area contributed by atoms with Crippen LogP contribution in [0.25, 0.3) is 0 Å². The molecule has 0 aromatic carbocycles. The summed E-state index contributed by atoms with van der Waals surface area (Å²) in [6.07, 6.45) is 4.44. The third-order valence-electron chi connectivity index (χ3n) is 2.68. The second kappa shape index (κ2) is 4.65. The molecule has 0 amide bonds. The van der Waals surface area contributed by atoms with Crippen molar-refractivity contribution in [3.8, 4) is 0 Å². The number of nitrogens with zero attached hydrogens (tertiary/aromatic N) is 2. The Morgan fingerprint density at radius 1 is 1.75 bits per heavy atom. The van der Waals surface area contributed by atoms with Crippen molar-refractivity contribution in [1.82, 2.24) is 15.1 Å². The van der Waals surface area contributed by atoms with Gasteiger partial charge in [-0.2, -0.15) is 5.10 Å². The lowest BCUT2D eigenvalue weighted by molar-refractivity contribution is -0.142. The second-order valence-corrected chi connectivity index (χ2v) is 4.33. The highest BCUT2D eigenvalue weighted by molar-refractivity contribution is 5.77. The molecule has 1 N–H and O–H groups in total. The molecule has 0 radical (unpaired) electrons. The summed E-state index contributed by atoms with van der Waals surface area (Å²) < 4.78 is 6.93. The molecule has 1 aliphatic rings. The van der Waals surface area contributed by atoms with Crippen LogP contribution in [0, 0.1) is 0 Å². The van der Waals surface area contributed by atoms with Crippen LogP contribution in [0.2, 0.25) is 0 Å². The summed E-state index contributed by atoms with van der Waals surface area (Å²) in [6, 6.07) is 1.92. The van der Waals surface area contributed by atoms with E-state index in [-0.39, 0.29) is 24.2 Å². The first-order chi connectivity index (χ1) is 7.65. The molecule has 5 heteroatoms. The van der Waals surface area contributed by atoms with Crippen LogP contribution >= 0.6 is 0 Å². The first kappa shape index (κ1) is 11.1. The number of esters is 1. The molecule has 1 saturated heterocycles. The van der Waals surface area contributed by atoms with Gasteiger partial charge in [0.25, 0.3) is 0 Å². The van der Waals surface area contributed by atoms with Crippen LogP contribution < -0.4 is 5.32 Å². The van der Waals surface area contributed by atoms with Gasteiger partial charge in [0.05, 0.1) is 6.54 Å². The van der Waals surface area contributed by atoms with E-state index < -0.39 is 0 Å². The maximum absolute atomic E-state index is 11.4. The molecular formula is C11H17N3O2. The smallest absolute Gasteiger partial charge is 0.323 e. The van der Waals surface area contributed by atoms with E-state index >= 15 is 0 Å². The first-order valence-corrected chi connectivity index (χ1v) is 5.59. The van der Waals surface area contributed by atoms with Gasteiger partial charge in [-0.05, 0) is 19.9 Å². The molecule has 1 aromatic rings. The number of rotatable bonds is 4. The van der Waals surface area contributed by atoms with Crippen LogP contribution in [0.1, 0.15) is 20.3 Å². The molecule has 1 aromatic heterocycles. The van der Waals surface area contributed by atoms with Crippen LogP contribution in [0.15, 0.2) is 18.5 Å². The summed E-state index contributed by atoms with van der Waals surface area (Å²) in [5, 5.41) is 7.39. The molecule has 2 heterocycles. The quantitative estimate of drug-likeness (QED) is 0.758. The Kier molecular flexibility index (Phi) is 3.24. The van der Waals surface area contributed by atoms with Gasteiger partial charge in [0, 0.05) is 24.9 Å². The molecule has 88 valence electrons. The van der Waals surface area contributed by atoms with E-state index in [4.69, 9.17) is 4.74 Å². The highest BCUT2D eigenvalue weighted by Crippen LogP contribution is 2.14. The van der Waals surface area contributed by atoms with Crippen LogP contribution in [-0.2, 0) is 16.1 Å². The zero-order chi connectivity index (χ0) is 11.5. The van der Waals surface area contributed by atoms with Crippen LogP contribution in [-0.4, -0.2) is 33.9 Å². The minimum absolute atomic E-state index is 0.0295. The van der Waals surface area contributed by atoms with Gasteiger partial charge >= 0.3 is 5.97 Å². The van der Waals surface area contributed by atoms with Gasteiger partial charge in [0.1, 0.15) is 12.1 Å². The Labute approximate surface area is 94.8 Å². The first-order valence-electron chi connectivity index (χ1n) is 5.59. The molecule has 3 atom stereocenters. The maximum Gasteiger partial charge on any atom is 0.323 e. The minimum atomic E-state index is -0.166. The number of carbonyl (C=O) groups excluding carboxylic acids is 1. The molecule has 0 bridgehead atoms. The topological polar surface area (TPSA) is 56.1 Å². The van der Waals surface area contributed by atoms with Gasteiger partial charge in [-0.1, -0.05) is 0 Å². The summed E-state index contributed by atoms with van der Waals surface area (Å²) in [4.78, 5) is 11.4. The van der Waals surface area contributed by atoms with Gasteiger partial charge in [-0.3, -0.25) is 14.8 Å². The van der Waals surface area contributed by atoms with E-state index in [9.17, 15) is 4.79 Å². The van der Waals surface area contributed by atoms with Gasteiger partial charge in [-0.15, -0.1) is 0 Å². The molecular weight excluding hydrogens is 206 g/mol. The van der Waals surface area contributed by atoms with Crippen molar-refractivity contribution in [2.45, 2.75) is 45.0 Å². The number of hydrogen-bond donors (Lipinski definition) is 1. The van der Waals surface area contributed by atoms with Crippen LogP contribution in [0.5, 0.6) is 0 Å². The van der Waals surface area contributed by atoms with E-state index in [2.05, 4.69) is 10.4 Å². The maximum atomic E-state index is 11.4. The van der Waals surface area contributed by atoms with Crippen LogP contribution in [0.4, 0.5) is 0 Å². The van der Waals surface area contributed by atoms with Crippen molar-refractivity contribution >= 4 is 5.97 Å². The standard InChI is InChI=1S/C11H17N3O2/c1-8(7-14-5-3-4-12-14)13-10-6-9(2)16-11(10)15/h3-5,8-10,13H,6-7H2,1-2H3/t8-,9-,10-/m1/s1. The average Bonchev–Trinajstić information content (AvgIpc) is 2.78. The Bertz CT molecular complexity index is 350. The summed E-state index contributed by atoms with van der Waals surface area (Å²) >= 11 is 0. The molecule has 0 unspecified atom stereocenters. The van der Waals surface area contributed by atoms with Crippen molar-refractivity contribution in [1.29, 1.82) is 0 Å². The SMILES string of the molecule is C[C@H](Cn1cccn1)N[C@@H]1C[C@@H](C)OC1=O. The summed E-state index contributed by atoms with van der Waals surface area (Å²) in [5.41, 5.74) is 0. The molecule has 0 aliphatic carbocycles. The van der Waals surface area contributed by atoms with Crippen LogP contribution in [0.3, 0.4) is 0 Å². The van der Waals surface area contributed by atoms with Crippen molar-refractivity contribution in [2.24, 2.45) is 0 Å². The van der Waals surface area contributed by atoms with Crippen molar-refractivity contribution in [3.05, 3.63) is 18.5 Å². The van der Waals surface area contributed by atoms with E-state index in [0.717, 1.165) is 13.0 Å². The fourth-order valence-electron chi connectivity index (χ4n) is 1.98. The highest BCUT2D eigenvalue weighted by atomic mass is 16.6. The number of ether oxygens (including phenoxy) is 1. The lowest BCUT2D eigenvalue weighted by atomic mass is 10.1. The normalized spacial score (nSPS) is 26.8. The predicted molar refractivity (Wildman–Crippen MR) is 58.8 cm³/mol. The van der Waals surface area contributed by atoms with E-state index in [0.29, 0.717) is 0 Å². The van der Waals surface area contributed by atoms with Crippen molar-refractivity contribution in [2.75, 3.05) is 0 Å². The molecule has 1 fully saturated rings. The second-order valence-electron chi connectivity index (χ2n) is 4.33. The Hall–Kier alpha value is -1.36. The monoisotopic (exact) mass is 223 g/mol. The Morgan fingerprint density at radius 3 is 3.12 bits per heavy atom. The van der Waals surface area contributed by atoms with E-state index in [1.807, 2.05) is 30.8 Å².